The highest BCUT2D eigenvalue weighted by Gasteiger charge is 2.16. The van der Waals surface area contributed by atoms with E-state index in [0.29, 0.717) is 5.89 Å². The van der Waals surface area contributed by atoms with Crippen LogP contribution >= 0.6 is 11.3 Å². The molecule has 0 saturated heterocycles. The Hall–Kier alpha value is -5.00. The highest BCUT2D eigenvalue weighted by atomic mass is 32.1. The lowest BCUT2D eigenvalue weighted by Gasteiger charge is -2.10. The summed E-state index contributed by atoms with van der Waals surface area (Å²) in [5.74, 6) is 0.624. The lowest BCUT2D eigenvalue weighted by Crippen LogP contribution is -1.95. The molecular weight excluding hydrogens is 498 g/mol. The molecule has 0 unspecified atom stereocenters. The third kappa shape index (κ3) is 3.67. The molecule has 0 spiro atoms. The zero-order chi connectivity index (χ0) is 25.8. The number of oxazole rings is 1. The number of hydrogen-bond donors (Lipinski definition) is 0. The van der Waals surface area contributed by atoms with Crippen LogP contribution in [0.2, 0.25) is 0 Å². The lowest BCUT2D eigenvalue weighted by molar-refractivity contribution is 0.620. The molecule has 0 fully saturated rings. The molecule has 0 atom stereocenters. The van der Waals surface area contributed by atoms with Crippen molar-refractivity contribution in [3.8, 4) is 38.8 Å². The number of rotatable bonds is 4. The molecule has 0 amide bonds. The number of benzene rings is 4. The van der Waals surface area contributed by atoms with E-state index in [-0.39, 0.29) is 0 Å². The van der Waals surface area contributed by atoms with Crippen LogP contribution in [-0.2, 0) is 0 Å². The van der Waals surface area contributed by atoms with E-state index in [2.05, 4.69) is 101 Å². The molecule has 0 aliphatic rings. The van der Waals surface area contributed by atoms with Gasteiger partial charge in [0, 0.05) is 44.2 Å². The summed E-state index contributed by atoms with van der Waals surface area (Å²) in [6.07, 6.45) is 1.96. The second-order valence-corrected chi connectivity index (χ2v) is 10.5. The van der Waals surface area contributed by atoms with Crippen LogP contribution in [-0.4, -0.2) is 14.5 Å². The van der Waals surface area contributed by atoms with Crippen LogP contribution in [0.25, 0.3) is 71.7 Å². The summed E-state index contributed by atoms with van der Waals surface area (Å²) in [5.41, 5.74) is 9.10. The first-order valence-electron chi connectivity index (χ1n) is 12.8. The monoisotopic (exact) mass is 519 g/mol. The Kier molecular flexibility index (Phi) is 4.96. The van der Waals surface area contributed by atoms with Crippen molar-refractivity contribution < 1.29 is 4.42 Å². The molecule has 4 heterocycles. The fourth-order valence-electron chi connectivity index (χ4n) is 5.33. The molecule has 5 heteroatoms. The third-order valence-corrected chi connectivity index (χ3v) is 8.10. The van der Waals surface area contributed by atoms with E-state index < -0.39 is 0 Å². The molecule has 0 aliphatic carbocycles. The number of hydrogen-bond acceptors (Lipinski definition) is 4. The van der Waals surface area contributed by atoms with Crippen molar-refractivity contribution in [3.63, 3.8) is 0 Å². The number of para-hydroxylation sites is 3. The van der Waals surface area contributed by atoms with Gasteiger partial charge in [-0.1, -0.05) is 54.6 Å². The Balaban J connectivity index is 1.28. The Morgan fingerprint density at radius 1 is 0.641 bits per heavy atom. The van der Waals surface area contributed by atoms with E-state index in [1.165, 1.54) is 15.6 Å². The van der Waals surface area contributed by atoms with Gasteiger partial charge in [-0.05, 0) is 66.0 Å². The van der Waals surface area contributed by atoms with E-state index in [4.69, 9.17) is 14.4 Å². The first-order chi connectivity index (χ1) is 19.3. The molecule has 0 N–H and O–H groups in total. The number of aromatic nitrogens is 3. The minimum absolute atomic E-state index is 0.624. The van der Waals surface area contributed by atoms with Gasteiger partial charge in [0.05, 0.1) is 16.7 Å². The Labute approximate surface area is 228 Å². The van der Waals surface area contributed by atoms with Crippen molar-refractivity contribution in [1.82, 2.24) is 14.5 Å². The maximum absolute atomic E-state index is 6.11. The number of pyridine rings is 1. The van der Waals surface area contributed by atoms with Crippen LogP contribution < -0.4 is 0 Å². The summed E-state index contributed by atoms with van der Waals surface area (Å²) in [6.45, 7) is 0. The van der Waals surface area contributed by atoms with Crippen molar-refractivity contribution in [3.05, 3.63) is 127 Å². The van der Waals surface area contributed by atoms with E-state index in [9.17, 15) is 0 Å². The van der Waals surface area contributed by atoms with Gasteiger partial charge in [0.25, 0.3) is 0 Å². The number of thiophene rings is 1. The van der Waals surface area contributed by atoms with Crippen LogP contribution in [0.3, 0.4) is 0 Å². The molecule has 184 valence electrons. The van der Waals surface area contributed by atoms with Gasteiger partial charge in [0.15, 0.2) is 5.58 Å². The fourth-order valence-corrected chi connectivity index (χ4v) is 6.05. The zero-order valence-corrected chi connectivity index (χ0v) is 21.6. The van der Waals surface area contributed by atoms with E-state index in [0.717, 1.165) is 50.2 Å². The quantitative estimate of drug-likeness (QED) is 0.233. The average molecular weight is 520 g/mol. The van der Waals surface area contributed by atoms with E-state index in [1.807, 2.05) is 30.5 Å². The third-order valence-electron chi connectivity index (χ3n) is 7.18. The standard InChI is InChI=1S/C34H21N3OS/c1-3-11-30-26(9-1)27-16-14-23(34-36-29-10-2-4-12-32(29)38-34)20-31(27)37(30)25-8-5-7-22(19-25)28-17-15-24(21-35-28)33-13-6-18-39-33/h1-21H. The molecule has 4 aromatic carbocycles. The molecule has 8 rings (SSSR count). The summed E-state index contributed by atoms with van der Waals surface area (Å²) in [6, 6.07) is 39.9. The second kappa shape index (κ2) is 8.79. The Morgan fingerprint density at radius 3 is 2.38 bits per heavy atom. The van der Waals surface area contributed by atoms with E-state index >= 15 is 0 Å². The highest BCUT2D eigenvalue weighted by Crippen LogP contribution is 2.36. The van der Waals surface area contributed by atoms with Crippen LogP contribution in [0, 0.1) is 0 Å². The van der Waals surface area contributed by atoms with Crippen LogP contribution in [0.4, 0.5) is 0 Å². The number of nitrogens with zero attached hydrogens (tertiary/aromatic N) is 3. The molecule has 4 nitrogen and oxygen atoms in total. The van der Waals surface area contributed by atoms with Crippen molar-refractivity contribution >= 4 is 44.2 Å². The summed E-state index contributed by atoms with van der Waals surface area (Å²) in [4.78, 5) is 10.8. The van der Waals surface area contributed by atoms with Crippen LogP contribution in [0.15, 0.2) is 131 Å². The molecule has 0 bridgehead atoms. The minimum atomic E-state index is 0.624. The molecule has 0 saturated carbocycles. The van der Waals surface area contributed by atoms with Gasteiger partial charge in [0.1, 0.15) is 5.52 Å². The first-order valence-corrected chi connectivity index (χ1v) is 13.7. The summed E-state index contributed by atoms with van der Waals surface area (Å²) >= 11 is 1.73. The van der Waals surface area contributed by atoms with Gasteiger partial charge in [0.2, 0.25) is 5.89 Å². The van der Waals surface area contributed by atoms with Gasteiger partial charge in [-0.15, -0.1) is 11.3 Å². The fraction of sp³-hybridized carbons (Fsp3) is 0. The smallest absolute Gasteiger partial charge is 0.227 e. The average Bonchev–Trinajstić information content (AvgIpc) is 3.75. The predicted molar refractivity (Wildman–Crippen MR) is 160 cm³/mol. The van der Waals surface area contributed by atoms with E-state index in [1.54, 1.807) is 11.3 Å². The second-order valence-electron chi connectivity index (χ2n) is 9.53. The lowest BCUT2D eigenvalue weighted by atomic mass is 10.1. The Bertz CT molecular complexity index is 2090. The molecule has 39 heavy (non-hydrogen) atoms. The van der Waals surface area contributed by atoms with Crippen molar-refractivity contribution in [1.29, 1.82) is 0 Å². The van der Waals surface area contributed by atoms with Gasteiger partial charge < -0.3 is 8.98 Å². The largest absolute Gasteiger partial charge is 0.436 e. The molecular formula is C34H21N3OS. The normalized spacial score (nSPS) is 11.6. The maximum atomic E-state index is 6.11. The number of fused-ring (bicyclic) bond motifs is 4. The zero-order valence-electron chi connectivity index (χ0n) is 20.8. The van der Waals surface area contributed by atoms with Gasteiger partial charge in [-0.3, -0.25) is 4.98 Å². The molecule has 0 radical (unpaired) electrons. The van der Waals surface area contributed by atoms with Gasteiger partial charge >= 0.3 is 0 Å². The van der Waals surface area contributed by atoms with Crippen LogP contribution in [0.1, 0.15) is 0 Å². The maximum Gasteiger partial charge on any atom is 0.227 e. The summed E-state index contributed by atoms with van der Waals surface area (Å²) in [7, 11) is 0. The minimum Gasteiger partial charge on any atom is -0.436 e. The van der Waals surface area contributed by atoms with Crippen molar-refractivity contribution in [2.75, 3.05) is 0 Å². The van der Waals surface area contributed by atoms with Crippen LogP contribution in [0.5, 0.6) is 0 Å². The molecule has 4 aromatic heterocycles. The predicted octanol–water partition coefficient (Wildman–Crippen LogP) is 9.38. The molecule has 0 aliphatic heterocycles. The summed E-state index contributed by atoms with van der Waals surface area (Å²) < 4.78 is 8.43. The molecule has 8 aromatic rings. The van der Waals surface area contributed by atoms with Crippen molar-refractivity contribution in [2.24, 2.45) is 0 Å². The van der Waals surface area contributed by atoms with Gasteiger partial charge in [-0.25, -0.2) is 4.98 Å². The highest BCUT2D eigenvalue weighted by molar-refractivity contribution is 7.13. The SMILES string of the molecule is c1cc(-c2ccc(-c3cccs3)cn2)cc(-n2c3ccccc3c3ccc(-c4nc5ccccc5o4)cc32)c1. The Morgan fingerprint density at radius 2 is 1.51 bits per heavy atom. The van der Waals surface area contributed by atoms with Gasteiger partial charge in [-0.2, -0.15) is 0 Å². The first kappa shape index (κ1) is 22.0. The topological polar surface area (TPSA) is 43.9 Å². The summed E-state index contributed by atoms with van der Waals surface area (Å²) in [5, 5.41) is 4.49. The van der Waals surface area contributed by atoms with Crippen molar-refractivity contribution in [2.45, 2.75) is 0 Å².